The van der Waals surface area contributed by atoms with Crippen LogP contribution >= 0.6 is 0 Å². The first kappa shape index (κ1) is 10.7. The molecule has 0 fully saturated rings. The predicted molar refractivity (Wildman–Crippen MR) is 52.2 cm³/mol. The van der Waals surface area contributed by atoms with Crippen LogP contribution in [0.5, 0.6) is 0 Å². The molecule has 76 valence electrons. The van der Waals surface area contributed by atoms with Crippen LogP contribution < -0.4 is 0 Å². The fourth-order valence-corrected chi connectivity index (χ4v) is 1.44. The largest absolute Gasteiger partial charge is 0.479 e. The van der Waals surface area contributed by atoms with E-state index in [-0.39, 0.29) is 6.42 Å². The lowest BCUT2D eigenvalue weighted by Crippen LogP contribution is -2.18. The third-order valence-electron chi connectivity index (χ3n) is 2.30. The minimum atomic E-state index is -1.81. The summed E-state index contributed by atoms with van der Waals surface area (Å²) >= 11 is 0. The van der Waals surface area contributed by atoms with Crippen LogP contribution in [0.25, 0.3) is 0 Å². The van der Waals surface area contributed by atoms with E-state index in [0.717, 1.165) is 16.7 Å². The number of rotatable bonds is 3. The molecule has 0 saturated carbocycles. The molecule has 0 bridgehead atoms. The fourth-order valence-electron chi connectivity index (χ4n) is 1.44. The molecule has 1 atom stereocenters. The van der Waals surface area contributed by atoms with Gasteiger partial charge in [-0.2, -0.15) is 0 Å². The molecule has 0 aromatic heterocycles. The molecule has 3 heteroatoms. The van der Waals surface area contributed by atoms with Crippen molar-refractivity contribution in [1.82, 2.24) is 0 Å². The Kier molecular flexibility index (Phi) is 3.23. The smallest absolute Gasteiger partial charge is 0.338 e. The van der Waals surface area contributed by atoms with Gasteiger partial charge in [-0.05, 0) is 30.5 Å². The quantitative estimate of drug-likeness (QED) is 0.805. The van der Waals surface area contributed by atoms with E-state index in [1.54, 1.807) is 0 Å². The number of hydrogen-bond donors (Lipinski definition) is 1. The Morgan fingerprint density at radius 2 is 1.93 bits per heavy atom. The minimum absolute atomic E-state index is 0.0478. The van der Waals surface area contributed by atoms with E-state index in [0.29, 0.717) is 0 Å². The SMILES string of the molecule is Cc1cccc(C)c1CC(F)C(=O)O. The second-order valence-corrected chi connectivity index (χ2v) is 3.38. The molecule has 0 aliphatic rings. The summed E-state index contributed by atoms with van der Waals surface area (Å²) in [5.41, 5.74) is 2.67. The fraction of sp³-hybridized carbons (Fsp3) is 0.364. The van der Waals surface area contributed by atoms with E-state index >= 15 is 0 Å². The number of halogens is 1. The predicted octanol–water partition coefficient (Wildman–Crippen LogP) is 2.27. The summed E-state index contributed by atoms with van der Waals surface area (Å²) in [4.78, 5) is 10.4. The second kappa shape index (κ2) is 4.22. The minimum Gasteiger partial charge on any atom is -0.479 e. The summed E-state index contributed by atoms with van der Waals surface area (Å²) in [5.74, 6) is -1.40. The van der Waals surface area contributed by atoms with E-state index in [1.807, 2.05) is 32.0 Å². The summed E-state index contributed by atoms with van der Waals surface area (Å²) in [7, 11) is 0. The summed E-state index contributed by atoms with van der Waals surface area (Å²) < 4.78 is 13.0. The van der Waals surface area contributed by atoms with Crippen LogP contribution in [-0.2, 0) is 11.2 Å². The van der Waals surface area contributed by atoms with Gasteiger partial charge in [0.1, 0.15) is 0 Å². The molecular weight excluding hydrogens is 183 g/mol. The zero-order valence-electron chi connectivity index (χ0n) is 8.25. The van der Waals surface area contributed by atoms with Gasteiger partial charge in [-0.25, -0.2) is 9.18 Å². The lowest BCUT2D eigenvalue weighted by Gasteiger charge is -2.10. The van der Waals surface area contributed by atoms with Gasteiger partial charge in [0.15, 0.2) is 0 Å². The molecule has 1 rings (SSSR count). The molecule has 0 aliphatic carbocycles. The van der Waals surface area contributed by atoms with E-state index in [9.17, 15) is 9.18 Å². The van der Waals surface area contributed by atoms with E-state index in [1.165, 1.54) is 0 Å². The average Bonchev–Trinajstić information content (AvgIpc) is 2.11. The highest BCUT2D eigenvalue weighted by Gasteiger charge is 2.18. The Morgan fingerprint density at radius 1 is 1.43 bits per heavy atom. The highest BCUT2D eigenvalue weighted by Crippen LogP contribution is 2.16. The van der Waals surface area contributed by atoms with Crippen LogP contribution in [-0.4, -0.2) is 17.2 Å². The summed E-state index contributed by atoms with van der Waals surface area (Å²) in [6, 6.07) is 5.59. The Hall–Kier alpha value is -1.38. The number of aryl methyl sites for hydroxylation is 2. The van der Waals surface area contributed by atoms with Crippen molar-refractivity contribution in [3.63, 3.8) is 0 Å². The summed E-state index contributed by atoms with van der Waals surface area (Å²) in [6.45, 7) is 3.72. The van der Waals surface area contributed by atoms with Gasteiger partial charge < -0.3 is 5.11 Å². The zero-order chi connectivity index (χ0) is 10.7. The Bertz CT molecular complexity index is 327. The lowest BCUT2D eigenvalue weighted by molar-refractivity contribution is -0.142. The van der Waals surface area contributed by atoms with Crippen molar-refractivity contribution >= 4 is 5.97 Å². The van der Waals surface area contributed by atoms with Crippen molar-refractivity contribution in [3.8, 4) is 0 Å². The Balaban J connectivity index is 2.91. The Labute approximate surface area is 82.4 Å². The third kappa shape index (κ3) is 2.31. The van der Waals surface area contributed by atoms with Crippen molar-refractivity contribution in [2.75, 3.05) is 0 Å². The van der Waals surface area contributed by atoms with Crippen LogP contribution in [0.15, 0.2) is 18.2 Å². The number of aliphatic carboxylic acids is 1. The molecule has 1 aromatic carbocycles. The van der Waals surface area contributed by atoms with Gasteiger partial charge in [-0.1, -0.05) is 18.2 Å². The summed E-state index contributed by atoms with van der Waals surface area (Å²) in [5, 5.41) is 8.45. The molecule has 0 amide bonds. The number of hydrogen-bond acceptors (Lipinski definition) is 1. The molecule has 0 saturated heterocycles. The first-order chi connectivity index (χ1) is 6.52. The van der Waals surface area contributed by atoms with Gasteiger partial charge in [-0.3, -0.25) is 0 Å². The van der Waals surface area contributed by atoms with Gasteiger partial charge in [0.05, 0.1) is 0 Å². The highest BCUT2D eigenvalue weighted by molar-refractivity contribution is 5.72. The molecule has 0 radical (unpaired) electrons. The normalized spacial score (nSPS) is 12.5. The van der Waals surface area contributed by atoms with Crippen LogP contribution in [0.4, 0.5) is 4.39 Å². The van der Waals surface area contributed by atoms with Gasteiger partial charge in [0.25, 0.3) is 0 Å². The number of carbonyl (C=O) groups is 1. The standard InChI is InChI=1S/C11H13FO2/c1-7-4-3-5-8(2)9(7)6-10(12)11(13)14/h3-5,10H,6H2,1-2H3,(H,13,14). The number of benzene rings is 1. The van der Waals surface area contributed by atoms with Gasteiger partial charge in [0.2, 0.25) is 6.17 Å². The van der Waals surface area contributed by atoms with Crippen LogP contribution in [0.3, 0.4) is 0 Å². The van der Waals surface area contributed by atoms with Crippen LogP contribution in [0.2, 0.25) is 0 Å². The van der Waals surface area contributed by atoms with Gasteiger partial charge in [-0.15, -0.1) is 0 Å². The Morgan fingerprint density at radius 3 is 2.36 bits per heavy atom. The molecule has 14 heavy (non-hydrogen) atoms. The van der Waals surface area contributed by atoms with Crippen molar-refractivity contribution in [2.24, 2.45) is 0 Å². The zero-order valence-corrected chi connectivity index (χ0v) is 8.25. The topological polar surface area (TPSA) is 37.3 Å². The second-order valence-electron chi connectivity index (χ2n) is 3.38. The van der Waals surface area contributed by atoms with E-state index in [2.05, 4.69) is 0 Å². The first-order valence-electron chi connectivity index (χ1n) is 4.44. The van der Waals surface area contributed by atoms with Gasteiger partial charge in [0, 0.05) is 6.42 Å². The van der Waals surface area contributed by atoms with E-state index < -0.39 is 12.1 Å². The summed E-state index contributed by atoms with van der Waals surface area (Å²) in [6.07, 6.45) is -1.86. The maximum atomic E-state index is 13.0. The average molecular weight is 196 g/mol. The molecule has 0 heterocycles. The number of carboxylic acid groups (broad SMARTS) is 1. The molecule has 2 nitrogen and oxygen atoms in total. The molecule has 0 aliphatic heterocycles. The van der Waals surface area contributed by atoms with Crippen LogP contribution in [0, 0.1) is 13.8 Å². The molecule has 1 aromatic rings. The van der Waals surface area contributed by atoms with Crippen molar-refractivity contribution in [3.05, 3.63) is 34.9 Å². The maximum Gasteiger partial charge on any atom is 0.338 e. The lowest BCUT2D eigenvalue weighted by atomic mass is 9.98. The number of alkyl halides is 1. The van der Waals surface area contributed by atoms with Crippen molar-refractivity contribution in [1.29, 1.82) is 0 Å². The molecule has 0 spiro atoms. The number of carboxylic acids is 1. The molecular formula is C11H13FO2. The van der Waals surface area contributed by atoms with Crippen molar-refractivity contribution < 1.29 is 14.3 Å². The molecule has 1 unspecified atom stereocenters. The monoisotopic (exact) mass is 196 g/mol. The van der Waals surface area contributed by atoms with E-state index in [4.69, 9.17) is 5.11 Å². The highest BCUT2D eigenvalue weighted by atomic mass is 19.1. The van der Waals surface area contributed by atoms with Crippen LogP contribution in [0.1, 0.15) is 16.7 Å². The van der Waals surface area contributed by atoms with Crippen molar-refractivity contribution in [2.45, 2.75) is 26.4 Å². The molecule has 1 N–H and O–H groups in total. The first-order valence-corrected chi connectivity index (χ1v) is 4.44. The van der Waals surface area contributed by atoms with Gasteiger partial charge >= 0.3 is 5.97 Å². The maximum absolute atomic E-state index is 13.0. The third-order valence-corrected chi connectivity index (χ3v) is 2.30.